The standard InChI is InChI=1S/C16H17N3/c1-2-3-11-19-12-9-15(10-13-19)14-17-18-16-7-5-4-6-8-16/h2,4-10,12-14H,1,3,11H2/p+1. The molecule has 1 N–H and O–H groups in total. The molecule has 0 saturated heterocycles. The number of aryl methyl sites for hydroxylation is 1. The fraction of sp³-hybridized carbons (Fsp3) is 0.125. The maximum Gasteiger partial charge on any atom is 0.169 e. The van der Waals surface area contributed by atoms with Gasteiger partial charge in [0.25, 0.3) is 0 Å². The third kappa shape index (κ3) is 4.39. The lowest BCUT2D eigenvalue weighted by atomic mass is 10.3. The van der Waals surface area contributed by atoms with Gasteiger partial charge in [0.05, 0.1) is 11.9 Å². The van der Waals surface area contributed by atoms with Crippen LogP contribution in [0.1, 0.15) is 12.0 Å². The molecule has 1 aromatic heterocycles. The SMILES string of the molecule is C=CCC[n+]1ccc(/C=N/Nc2ccccc2)cc1. The Morgan fingerprint density at radius 1 is 1.11 bits per heavy atom. The average molecular weight is 252 g/mol. The average Bonchev–Trinajstić information content (AvgIpc) is 2.47. The zero-order chi connectivity index (χ0) is 13.3. The van der Waals surface area contributed by atoms with Crippen LogP contribution in [-0.4, -0.2) is 6.21 Å². The normalized spacial score (nSPS) is 10.5. The molecule has 0 aliphatic rings. The molecule has 0 atom stereocenters. The molecule has 0 amide bonds. The Hall–Kier alpha value is -2.42. The molecular formula is C16H18N3+. The minimum absolute atomic E-state index is 0.961. The predicted molar refractivity (Wildman–Crippen MR) is 79.1 cm³/mol. The van der Waals surface area contributed by atoms with Crippen molar-refractivity contribution in [3.05, 3.63) is 73.1 Å². The van der Waals surface area contributed by atoms with Crippen LogP contribution >= 0.6 is 0 Å². The highest BCUT2D eigenvalue weighted by molar-refractivity contribution is 5.79. The number of aromatic nitrogens is 1. The minimum Gasteiger partial charge on any atom is -0.279 e. The molecule has 3 nitrogen and oxygen atoms in total. The van der Waals surface area contributed by atoms with E-state index in [2.05, 4.69) is 21.7 Å². The van der Waals surface area contributed by atoms with E-state index in [4.69, 9.17) is 0 Å². The van der Waals surface area contributed by atoms with E-state index in [1.54, 1.807) is 0 Å². The van der Waals surface area contributed by atoms with Crippen LogP contribution in [0.2, 0.25) is 0 Å². The molecule has 2 aromatic rings. The van der Waals surface area contributed by atoms with Crippen molar-refractivity contribution in [2.45, 2.75) is 13.0 Å². The Balaban J connectivity index is 1.90. The molecule has 1 aromatic carbocycles. The molecule has 1 heterocycles. The highest BCUT2D eigenvalue weighted by atomic mass is 15.3. The molecule has 19 heavy (non-hydrogen) atoms. The maximum absolute atomic E-state index is 4.20. The summed E-state index contributed by atoms with van der Waals surface area (Å²) < 4.78 is 2.13. The summed E-state index contributed by atoms with van der Waals surface area (Å²) >= 11 is 0. The van der Waals surface area contributed by atoms with E-state index in [9.17, 15) is 0 Å². The molecule has 0 radical (unpaired) electrons. The molecule has 0 aliphatic carbocycles. The number of anilines is 1. The predicted octanol–water partition coefficient (Wildman–Crippen LogP) is 3.00. The van der Waals surface area contributed by atoms with Gasteiger partial charge < -0.3 is 0 Å². The van der Waals surface area contributed by atoms with Crippen LogP contribution in [-0.2, 0) is 6.54 Å². The molecular weight excluding hydrogens is 234 g/mol. The summed E-state index contributed by atoms with van der Waals surface area (Å²) in [7, 11) is 0. The first-order valence-electron chi connectivity index (χ1n) is 6.32. The van der Waals surface area contributed by atoms with Gasteiger partial charge >= 0.3 is 0 Å². The third-order valence-corrected chi connectivity index (χ3v) is 2.69. The van der Waals surface area contributed by atoms with Crippen LogP contribution in [0.15, 0.2) is 72.6 Å². The molecule has 3 heteroatoms. The molecule has 96 valence electrons. The summed E-state index contributed by atoms with van der Waals surface area (Å²) in [5.41, 5.74) is 5.04. The summed E-state index contributed by atoms with van der Waals surface area (Å²) in [6.45, 7) is 4.68. The fourth-order valence-electron chi connectivity index (χ4n) is 1.64. The van der Waals surface area contributed by atoms with Crippen molar-refractivity contribution in [3.63, 3.8) is 0 Å². The number of nitrogens with one attached hydrogen (secondary N) is 1. The zero-order valence-corrected chi connectivity index (χ0v) is 10.9. The fourth-order valence-corrected chi connectivity index (χ4v) is 1.64. The van der Waals surface area contributed by atoms with Crippen LogP contribution in [0, 0.1) is 0 Å². The van der Waals surface area contributed by atoms with Crippen LogP contribution in [0.3, 0.4) is 0 Å². The van der Waals surface area contributed by atoms with E-state index in [1.165, 1.54) is 0 Å². The zero-order valence-electron chi connectivity index (χ0n) is 10.9. The van der Waals surface area contributed by atoms with Gasteiger partial charge in [-0.3, -0.25) is 5.43 Å². The molecule has 0 aliphatic heterocycles. The Morgan fingerprint density at radius 3 is 2.53 bits per heavy atom. The highest BCUT2D eigenvalue weighted by Gasteiger charge is 1.97. The largest absolute Gasteiger partial charge is 0.279 e. The Morgan fingerprint density at radius 2 is 1.84 bits per heavy atom. The van der Waals surface area contributed by atoms with Gasteiger partial charge in [-0.15, -0.1) is 6.58 Å². The number of hydrazone groups is 1. The number of rotatable bonds is 6. The van der Waals surface area contributed by atoms with Crippen molar-refractivity contribution in [2.24, 2.45) is 5.10 Å². The maximum atomic E-state index is 4.20. The van der Waals surface area contributed by atoms with Crippen molar-refractivity contribution < 1.29 is 4.57 Å². The van der Waals surface area contributed by atoms with Crippen LogP contribution in [0.5, 0.6) is 0 Å². The quantitative estimate of drug-likeness (QED) is 0.364. The van der Waals surface area contributed by atoms with Crippen LogP contribution in [0.4, 0.5) is 5.69 Å². The Bertz CT molecular complexity index is 530. The molecule has 0 saturated carbocycles. The van der Waals surface area contributed by atoms with Crippen molar-refractivity contribution in [1.29, 1.82) is 0 Å². The molecule has 0 fully saturated rings. The summed E-state index contributed by atoms with van der Waals surface area (Å²) in [5.74, 6) is 0. The lowest BCUT2D eigenvalue weighted by molar-refractivity contribution is -0.696. The van der Waals surface area contributed by atoms with Gasteiger partial charge in [-0.1, -0.05) is 24.3 Å². The molecule has 2 rings (SSSR count). The second-order valence-electron chi connectivity index (χ2n) is 4.18. The van der Waals surface area contributed by atoms with Gasteiger partial charge in [0, 0.05) is 24.1 Å². The van der Waals surface area contributed by atoms with Crippen LogP contribution < -0.4 is 9.99 Å². The molecule has 0 spiro atoms. The van der Waals surface area contributed by atoms with E-state index in [0.29, 0.717) is 0 Å². The lowest BCUT2D eigenvalue weighted by Crippen LogP contribution is -2.32. The van der Waals surface area contributed by atoms with E-state index in [0.717, 1.165) is 24.2 Å². The van der Waals surface area contributed by atoms with Gasteiger partial charge in [-0.05, 0) is 12.1 Å². The smallest absolute Gasteiger partial charge is 0.169 e. The number of benzene rings is 1. The summed E-state index contributed by atoms with van der Waals surface area (Å²) in [6, 6.07) is 14.0. The minimum atomic E-state index is 0.961. The number of hydrogen-bond donors (Lipinski definition) is 1. The lowest BCUT2D eigenvalue weighted by Gasteiger charge is -1.98. The summed E-state index contributed by atoms with van der Waals surface area (Å²) in [6.07, 6.45) is 8.81. The molecule has 0 unspecified atom stereocenters. The first-order valence-corrected chi connectivity index (χ1v) is 6.32. The number of para-hydroxylation sites is 1. The van der Waals surface area contributed by atoms with Gasteiger partial charge in [0.15, 0.2) is 18.9 Å². The second kappa shape index (κ2) is 7.11. The van der Waals surface area contributed by atoms with Gasteiger partial charge in [-0.2, -0.15) is 5.10 Å². The van der Waals surface area contributed by atoms with Gasteiger partial charge in [-0.25, -0.2) is 4.57 Å². The monoisotopic (exact) mass is 252 g/mol. The van der Waals surface area contributed by atoms with Gasteiger partial charge in [0.2, 0.25) is 0 Å². The number of allylic oxidation sites excluding steroid dienone is 1. The van der Waals surface area contributed by atoms with Crippen molar-refractivity contribution in [3.8, 4) is 0 Å². The van der Waals surface area contributed by atoms with Crippen molar-refractivity contribution in [2.75, 3.05) is 5.43 Å². The number of pyridine rings is 1. The first-order chi connectivity index (χ1) is 9.38. The van der Waals surface area contributed by atoms with Crippen molar-refractivity contribution >= 4 is 11.9 Å². The number of nitrogens with zero attached hydrogens (tertiary/aromatic N) is 2. The van der Waals surface area contributed by atoms with Crippen LogP contribution in [0.25, 0.3) is 0 Å². The second-order valence-corrected chi connectivity index (χ2v) is 4.18. The Kier molecular flexibility index (Phi) is 4.87. The van der Waals surface area contributed by atoms with E-state index in [-0.39, 0.29) is 0 Å². The van der Waals surface area contributed by atoms with E-state index < -0.39 is 0 Å². The summed E-state index contributed by atoms with van der Waals surface area (Å²) in [4.78, 5) is 0. The van der Waals surface area contributed by atoms with E-state index in [1.807, 2.05) is 67.1 Å². The van der Waals surface area contributed by atoms with E-state index >= 15 is 0 Å². The van der Waals surface area contributed by atoms with Gasteiger partial charge in [0.1, 0.15) is 0 Å². The van der Waals surface area contributed by atoms with Crippen molar-refractivity contribution in [1.82, 2.24) is 0 Å². The summed E-state index contributed by atoms with van der Waals surface area (Å²) in [5, 5.41) is 4.20. The first kappa shape index (κ1) is 13.0. The third-order valence-electron chi connectivity index (χ3n) is 2.69. The molecule has 0 bridgehead atoms. The Labute approximate surface area is 113 Å². The number of hydrogen-bond acceptors (Lipinski definition) is 2. The topological polar surface area (TPSA) is 28.3 Å². The highest BCUT2D eigenvalue weighted by Crippen LogP contribution is 2.04.